The van der Waals surface area contributed by atoms with E-state index in [1.807, 2.05) is 12.1 Å². The van der Waals surface area contributed by atoms with Gasteiger partial charge in [-0.05, 0) is 31.7 Å². The average Bonchev–Trinajstić information content (AvgIpc) is 2.89. The molecule has 1 fully saturated rings. The number of para-hydroxylation sites is 1. The first kappa shape index (κ1) is 16.1. The van der Waals surface area contributed by atoms with Crippen LogP contribution in [-0.4, -0.2) is 33.6 Å². The summed E-state index contributed by atoms with van der Waals surface area (Å²) < 4.78 is 34.3. The van der Waals surface area contributed by atoms with Gasteiger partial charge < -0.3 is 15.2 Å². The minimum absolute atomic E-state index is 0.115. The first-order valence-electron chi connectivity index (χ1n) is 7.17. The van der Waals surface area contributed by atoms with Gasteiger partial charge in [-0.25, -0.2) is 8.42 Å². The van der Waals surface area contributed by atoms with E-state index in [1.165, 1.54) is 19.1 Å². The summed E-state index contributed by atoms with van der Waals surface area (Å²) in [5.74, 6) is 1.07. The number of methoxy groups -OCH3 is 1. The zero-order chi connectivity index (χ0) is 15.5. The molecule has 0 spiro atoms. The molecule has 0 saturated heterocycles. The Morgan fingerprint density at radius 2 is 2.00 bits per heavy atom. The summed E-state index contributed by atoms with van der Waals surface area (Å²) in [5, 5.41) is 0. The van der Waals surface area contributed by atoms with Crippen LogP contribution in [0.4, 0.5) is 0 Å². The van der Waals surface area contributed by atoms with Crippen molar-refractivity contribution >= 4 is 9.84 Å². The first-order chi connectivity index (χ1) is 9.90. The summed E-state index contributed by atoms with van der Waals surface area (Å²) in [6.07, 6.45) is 5.84. The summed E-state index contributed by atoms with van der Waals surface area (Å²) in [6, 6.07) is 4.83. The van der Waals surface area contributed by atoms with Crippen molar-refractivity contribution in [2.45, 2.75) is 37.8 Å². The second-order valence-electron chi connectivity index (χ2n) is 5.60. The van der Waals surface area contributed by atoms with Gasteiger partial charge in [0.15, 0.2) is 11.5 Å². The predicted molar refractivity (Wildman–Crippen MR) is 82.5 cm³/mol. The molecule has 0 aromatic heterocycles. The maximum absolute atomic E-state index is 11.4. The molecule has 1 aliphatic carbocycles. The topological polar surface area (TPSA) is 78.6 Å². The standard InChI is InChI=1S/C15H23NO4S/c1-19-15-12(13(16)10-21(2,17)18)8-5-9-14(15)20-11-6-3-4-7-11/h5,8-9,11,13H,3-4,6-7,10,16H2,1-2H3. The summed E-state index contributed by atoms with van der Waals surface area (Å²) in [7, 11) is -1.60. The Labute approximate surface area is 126 Å². The largest absolute Gasteiger partial charge is 0.493 e. The third kappa shape index (κ3) is 4.35. The average molecular weight is 313 g/mol. The summed E-state index contributed by atoms with van der Waals surface area (Å²) >= 11 is 0. The smallest absolute Gasteiger partial charge is 0.165 e. The lowest BCUT2D eigenvalue weighted by atomic mass is 10.1. The van der Waals surface area contributed by atoms with Crippen molar-refractivity contribution in [3.8, 4) is 11.5 Å². The number of sulfone groups is 1. The Hall–Kier alpha value is -1.27. The van der Waals surface area contributed by atoms with Crippen LogP contribution in [0, 0.1) is 0 Å². The summed E-state index contributed by atoms with van der Waals surface area (Å²) in [5.41, 5.74) is 6.69. The van der Waals surface area contributed by atoms with Crippen molar-refractivity contribution in [3.05, 3.63) is 23.8 Å². The zero-order valence-electron chi connectivity index (χ0n) is 12.5. The van der Waals surface area contributed by atoms with E-state index in [-0.39, 0.29) is 11.9 Å². The molecule has 1 atom stereocenters. The number of benzene rings is 1. The Morgan fingerprint density at radius 3 is 2.57 bits per heavy atom. The maximum atomic E-state index is 11.4. The fourth-order valence-electron chi connectivity index (χ4n) is 2.74. The van der Waals surface area contributed by atoms with Gasteiger partial charge in [-0.15, -0.1) is 0 Å². The second kappa shape index (κ2) is 6.66. The van der Waals surface area contributed by atoms with Crippen LogP contribution in [0.25, 0.3) is 0 Å². The number of rotatable bonds is 6. The monoisotopic (exact) mass is 313 g/mol. The molecule has 0 aliphatic heterocycles. The van der Waals surface area contributed by atoms with E-state index in [2.05, 4.69) is 0 Å². The van der Waals surface area contributed by atoms with Crippen LogP contribution in [0.1, 0.15) is 37.3 Å². The van der Waals surface area contributed by atoms with E-state index < -0.39 is 15.9 Å². The van der Waals surface area contributed by atoms with Gasteiger partial charge in [0.25, 0.3) is 0 Å². The quantitative estimate of drug-likeness (QED) is 0.869. The lowest BCUT2D eigenvalue weighted by Gasteiger charge is -2.20. The van der Waals surface area contributed by atoms with Gasteiger partial charge in [-0.3, -0.25) is 0 Å². The highest BCUT2D eigenvalue weighted by Crippen LogP contribution is 2.36. The molecule has 1 aliphatic rings. The molecule has 0 radical (unpaired) electrons. The number of ether oxygens (including phenoxy) is 2. The lowest BCUT2D eigenvalue weighted by Crippen LogP contribution is -2.22. The molecular weight excluding hydrogens is 290 g/mol. The minimum atomic E-state index is -3.15. The van der Waals surface area contributed by atoms with Gasteiger partial charge in [0.2, 0.25) is 0 Å². The van der Waals surface area contributed by atoms with E-state index in [0.29, 0.717) is 17.1 Å². The summed E-state index contributed by atoms with van der Waals surface area (Å²) in [6.45, 7) is 0. The highest BCUT2D eigenvalue weighted by Gasteiger charge is 2.22. The molecule has 1 aromatic carbocycles. The predicted octanol–water partition coefficient (Wildman–Crippen LogP) is 2.06. The lowest BCUT2D eigenvalue weighted by molar-refractivity contribution is 0.200. The first-order valence-corrected chi connectivity index (χ1v) is 9.23. The Bertz CT molecular complexity index is 579. The molecule has 1 aromatic rings. The second-order valence-corrected chi connectivity index (χ2v) is 7.79. The van der Waals surface area contributed by atoms with Crippen molar-refractivity contribution in [3.63, 3.8) is 0 Å². The van der Waals surface area contributed by atoms with Gasteiger partial charge >= 0.3 is 0 Å². The highest BCUT2D eigenvalue weighted by molar-refractivity contribution is 7.90. The van der Waals surface area contributed by atoms with Gasteiger partial charge in [0, 0.05) is 17.9 Å². The van der Waals surface area contributed by atoms with Crippen LogP contribution in [0.3, 0.4) is 0 Å². The number of nitrogens with two attached hydrogens (primary N) is 1. The molecule has 0 bridgehead atoms. The van der Waals surface area contributed by atoms with E-state index in [4.69, 9.17) is 15.2 Å². The molecule has 1 unspecified atom stereocenters. The van der Waals surface area contributed by atoms with E-state index in [1.54, 1.807) is 13.2 Å². The van der Waals surface area contributed by atoms with Crippen LogP contribution < -0.4 is 15.2 Å². The molecule has 118 valence electrons. The van der Waals surface area contributed by atoms with E-state index in [9.17, 15) is 8.42 Å². The fourth-order valence-corrected chi connectivity index (χ4v) is 3.57. The van der Waals surface area contributed by atoms with E-state index >= 15 is 0 Å². The summed E-state index contributed by atoms with van der Waals surface area (Å²) in [4.78, 5) is 0. The zero-order valence-corrected chi connectivity index (χ0v) is 13.4. The Morgan fingerprint density at radius 1 is 1.33 bits per heavy atom. The Kier molecular flexibility index (Phi) is 5.11. The molecule has 5 nitrogen and oxygen atoms in total. The highest BCUT2D eigenvalue weighted by atomic mass is 32.2. The Balaban J connectivity index is 2.24. The fraction of sp³-hybridized carbons (Fsp3) is 0.600. The molecule has 1 saturated carbocycles. The van der Waals surface area contributed by atoms with Crippen LogP contribution in [0.5, 0.6) is 11.5 Å². The van der Waals surface area contributed by atoms with Crippen molar-refractivity contribution in [1.29, 1.82) is 0 Å². The molecule has 21 heavy (non-hydrogen) atoms. The number of hydrogen-bond acceptors (Lipinski definition) is 5. The minimum Gasteiger partial charge on any atom is -0.493 e. The van der Waals surface area contributed by atoms with Gasteiger partial charge in [-0.1, -0.05) is 12.1 Å². The molecule has 0 heterocycles. The molecule has 6 heteroatoms. The van der Waals surface area contributed by atoms with Crippen molar-refractivity contribution < 1.29 is 17.9 Å². The molecule has 0 amide bonds. The van der Waals surface area contributed by atoms with E-state index in [0.717, 1.165) is 12.8 Å². The van der Waals surface area contributed by atoms with Crippen LogP contribution in [0.2, 0.25) is 0 Å². The van der Waals surface area contributed by atoms with Crippen molar-refractivity contribution in [1.82, 2.24) is 0 Å². The van der Waals surface area contributed by atoms with Crippen LogP contribution in [0.15, 0.2) is 18.2 Å². The van der Waals surface area contributed by atoms with Crippen molar-refractivity contribution in [2.75, 3.05) is 19.1 Å². The van der Waals surface area contributed by atoms with Crippen LogP contribution in [-0.2, 0) is 9.84 Å². The van der Waals surface area contributed by atoms with Gasteiger partial charge in [0.1, 0.15) is 9.84 Å². The maximum Gasteiger partial charge on any atom is 0.165 e. The molecular formula is C15H23NO4S. The third-order valence-corrected chi connectivity index (χ3v) is 4.66. The number of hydrogen-bond donors (Lipinski definition) is 1. The van der Waals surface area contributed by atoms with Crippen molar-refractivity contribution in [2.24, 2.45) is 5.73 Å². The van der Waals surface area contributed by atoms with Gasteiger partial charge in [0.05, 0.1) is 19.0 Å². The van der Waals surface area contributed by atoms with Crippen LogP contribution >= 0.6 is 0 Å². The third-order valence-electron chi connectivity index (χ3n) is 3.69. The van der Waals surface area contributed by atoms with Gasteiger partial charge in [-0.2, -0.15) is 0 Å². The molecule has 2 rings (SSSR count). The molecule has 2 N–H and O–H groups in total. The SMILES string of the molecule is COc1c(OC2CCCC2)cccc1C(N)CS(C)(=O)=O. The normalized spacial score (nSPS) is 17.7.